The molecule has 0 N–H and O–H groups in total. The highest BCUT2D eigenvalue weighted by atomic mass is 16.6. The van der Waals surface area contributed by atoms with Gasteiger partial charge in [0.2, 0.25) is 0 Å². The van der Waals surface area contributed by atoms with Crippen molar-refractivity contribution >= 4 is 11.4 Å². The number of hydrogen-bond donors (Lipinski definition) is 0. The van der Waals surface area contributed by atoms with Gasteiger partial charge in [0.15, 0.2) is 0 Å². The lowest BCUT2D eigenvalue weighted by atomic mass is 9.89. The number of nitro groups is 1. The van der Waals surface area contributed by atoms with E-state index >= 15 is 0 Å². The monoisotopic (exact) mass is 328 g/mol. The number of benzene rings is 1. The van der Waals surface area contributed by atoms with Crippen molar-refractivity contribution < 1.29 is 4.92 Å². The molecular weight excluding hydrogens is 304 g/mol. The predicted molar refractivity (Wildman–Crippen MR) is 93.0 cm³/mol. The maximum Gasteiger partial charge on any atom is 0.270 e. The normalized spacial score (nSPS) is 19.9. The highest BCUT2D eigenvalue weighted by molar-refractivity contribution is 5.63. The Hall–Kier alpha value is -2.13. The van der Waals surface area contributed by atoms with Crippen LogP contribution in [0, 0.1) is 27.4 Å². The van der Waals surface area contributed by atoms with Crippen LogP contribution < -0.4 is 4.90 Å². The number of rotatable bonds is 4. The first kappa shape index (κ1) is 16.7. The van der Waals surface area contributed by atoms with E-state index in [-0.39, 0.29) is 5.69 Å². The third kappa shape index (κ3) is 3.85. The van der Waals surface area contributed by atoms with Crippen LogP contribution in [0.4, 0.5) is 11.4 Å². The zero-order chi connectivity index (χ0) is 16.9. The number of nitriles is 1. The fourth-order valence-electron chi connectivity index (χ4n) is 3.91. The summed E-state index contributed by atoms with van der Waals surface area (Å²) in [5, 5.41) is 20.2. The number of nitro benzene ring substituents is 1. The molecule has 0 aromatic heterocycles. The molecular formula is C18H24N4O2. The number of hydrogen-bond acceptors (Lipinski definition) is 5. The topological polar surface area (TPSA) is 73.4 Å². The maximum atomic E-state index is 10.9. The van der Waals surface area contributed by atoms with E-state index in [0.29, 0.717) is 5.56 Å². The van der Waals surface area contributed by atoms with Gasteiger partial charge in [-0.3, -0.25) is 15.0 Å². The first-order valence-electron chi connectivity index (χ1n) is 8.83. The molecule has 1 aromatic rings. The first-order chi connectivity index (χ1) is 11.7. The van der Waals surface area contributed by atoms with E-state index < -0.39 is 4.92 Å². The van der Waals surface area contributed by atoms with Crippen LogP contribution in [0.15, 0.2) is 18.2 Å². The van der Waals surface area contributed by atoms with E-state index in [1.54, 1.807) is 6.07 Å². The van der Waals surface area contributed by atoms with Crippen LogP contribution in [-0.4, -0.2) is 42.5 Å². The molecule has 24 heavy (non-hydrogen) atoms. The van der Waals surface area contributed by atoms with Crippen LogP contribution in [0.5, 0.6) is 0 Å². The van der Waals surface area contributed by atoms with Crippen molar-refractivity contribution in [2.45, 2.75) is 32.1 Å². The Morgan fingerprint density at radius 2 is 1.88 bits per heavy atom. The molecule has 1 saturated carbocycles. The van der Waals surface area contributed by atoms with E-state index in [1.807, 2.05) is 0 Å². The second kappa shape index (κ2) is 7.63. The Labute approximate surface area is 142 Å². The third-order valence-electron chi connectivity index (χ3n) is 5.27. The predicted octanol–water partition coefficient (Wildman–Crippen LogP) is 3.17. The summed E-state index contributed by atoms with van der Waals surface area (Å²) in [7, 11) is 0. The van der Waals surface area contributed by atoms with Crippen LogP contribution in [0.1, 0.15) is 37.7 Å². The fourth-order valence-corrected chi connectivity index (χ4v) is 3.91. The average molecular weight is 328 g/mol. The zero-order valence-electron chi connectivity index (χ0n) is 14.0. The smallest absolute Gasteiger partial charge is 0.270 e. The van der Waals surface area contributed by atoms with E-state index in [9.17, 15) is 15.4 Å². The first-order valence-corrected chi connectivity index (χ1v) is 8.83. The molecule has 0 unspecified atom stereocenters. The van der Waals surface area contributed by atoms with Crippen molar-refractivity contribution in [2.75, 3.05) is 37.6 Å². The molecule has 1 heterocycles. The Balaban J connectivity index is 1.60. The zero-order valence-corrected chi connectivity index (χ0v) is 14.0. The molecule has 128 valence electrons. The molecule has 2 fully saturated rings. The largest absolute Gasteiger partial charge is 0.368 e. The highest BCUT2D eigenvalue weighted by Gasteiger charge is 2.23. The molecule has 0 atom stereocenters. The summed E-state index contributed by atoms with van der Waals surface area (Å²) in [5.74, 6) is 0.847. The second-order valence-electron chi connectivity index (χ2n) is 6.86. The van der Waals surface area contributed by atoms with Gasteiger partial charge in [0.05, 0.1) is 16.2 Å². The maximum absolute atomic E-state index is 10.9. The van der Waals surface area contributed by atoms with E-state index in [1.165, 1.54) is 50.8 Å². The molecule has 6 nitrogen and oxygen atoms in total. The van der Waals surface area contributed by atoms with E-state index in [2.05, 4.69) is 15.9 Å². The van der Waals surface area contributed by atoms with E-state index in [4.69, 9.17) is 0 Å². The van der Waals surface area contributed by atoms with E-state index in [0.717, 1.165) is 37.8 Å². The molecule has 3 rings (SSSR count). The van der Waals surface area contributed by atoms with Gasteiger partial charge in [0, 0.05) is 44.9 Å². The third-order valence-corrected chi connectivity index (χ3v) is 5.27. The summed E-state index contributed by atoms with van der Waals surface area (Å²) in [4.78, 5) is 15.1. The van der Waals surface area contributed by atoms with Crippen molar-refractivity contribution in [2.24, 2.45) is 5.92 Å². The fraction of sp³-hybridized carbons (Fsp3) is 0.611. The SMILES string of the molecule is N#Cc1cc([N+](=O)[O-])ccc1N1CCN(CC2CCCCC2)CC1. The van der Waals surface area contributed by atoms with Gasteiger partial charge >= 0.3 is 0 Å². The standard InChI is InChI=1S/C18H24N4O2/c19-13-16-12-17(22(23)24)6-7-18(16)21-10-8-20(9-11-21)14-15-4-2-1-3-5-15/h6-7,12,15H,1-5,8-11,14H2. The minimum Gasteiger partial charge on any atom is -0.368 e. The molecule has 0 bridgehead atoms. The van der Waals surface area contributed by atoms with Gasteiger partial charge in [0.1, 0.15) is 6.07 Å². The lowest BCUT2D eigenvalue weighted by Crippen LogP contribution is -2.48. The Morgan fingerprint density at radius 3 is 2.50 bits per heavy atom. The summed E-state index contributed by atoms with van der Waals surface area (Å²) >= 11 is 0. The molecule has 2 aliphatic rings. The van der Waals surface area contributed by atoms with Crippen LogP contribution in [0.2, 0.25) is 0 Å². The van der Waals surface area contributed by atoms with Crippen molar-refractivity contribution in [1.82, 2.24) is 4.90 Å². The summed E-state index contributed by atoms with van der Waals surface area (Å²) in [6, 6.07) is 6.69. The minimum absolute atomic E-state index is 0.0220. The quantitative estimate of drug-likeness (QED) is 0.627. The van der Waals surface area contributed by atoms with Crippen LogP contribution in [0.3, 0.4) is 0 Å². The summed E-state index contributed by atoms with van der Waals surface area (Å²) in [6.07, 6.45) is 6.86. The van der Waals surface area contributed by atoms with Crippen molar-refractivity contribution in [3.63, 3.8) is 0 Å². The average Bonchev–Trinajstić information content (AvgIpc) is 2.62. The lowest BCUT2D eigenvalue weighted by molar-refractivity contribution is -0.384. The molecule has 1 aliphatic carbocycles. The second-order valence-corrected chi connectivity index (χ2v) is 6.86. The Bertz CT molecular complexity index is 626. The lowest BCUT2D eigenvalue weighted by Gasteiger charge is -2.38. The van der Waals surface area contributed by atoms with Gasteiger partial charge in [-0.05, 0) is 24.8 Å². The van der Waals surface area contributed by atoms with Crippen LogP contribution in [-0.2, 0) is 0 Å². The van der Waals surface area contributed by atoms with Gasteiger partial charge in [-0.15, -0.1) is 0 Å². The van der Waals surface area contributed by atoms with Gasteiger partial charge in [-0.25, -0.2) is 0 Å². The van der Waals surface area contributed by atoms with Crippen molar-refractivity contribution in [3.8, 4) is 6.07 Å². The molecule has 1 saturated heterocycles. The molecule has 6 heteroatoms. The number of non-ortho nitro benzene ring substituents is 1. The molecule has 0 radical (unpaired) electrons. The number of piperazine rings is 1. The summed E-state index contributed by atoms with van der Waals surface area (Å²) in [5.41, 5.74) is 1.19. The molecule has 0 amide bonds. The summed E-state index contributed by atoms with van der Waals surface area (Å²) < 4.78 is 0. The Morgan fingerprint density at radius 1 is 1.17 bits per heavy atom. The summed E-state index contributed by atoms with van der Waals surface area (Å²) in [6.45, 7) is 4.94. The van der Waals surface area contributed by atoms with Crippen molar-refractivity contribution in [1.29, 1.82) is 5.26 Å². The van der Waals surface area contributed by atoms with Gasteiger partial charge in [-0.1, -0.05) is 19.3 Å². The number of nitrogens with zero attached hydrogens (tertiary/aromatic N) is 4. The molecule has 1 aliphatic heterocycles. The molecule has 1 aromatic carbocycles. The van der Waals surface area contributed by atoms with Crippen LogP contribution in [0.25, 0.3) is 0 Å². The van der Waals surface area contributed by atoms with Crippen LogP contribution >= 0.6 is 0 Å². The Kier molecular flexibility index (Phi) is 5.31. The van der Waals surface area contributed by atoms with Gasteiger partial charge < -0.3 is 4.90 Å². The van der Waals surface area contributed by atoms with Gasteiger partial charge in [-0.2, -0.15) is 5.26 Å². The van der Waals surface area contributed by atoms with Gasteiger partial charge in [0.25, 0.3) is 5.69 Å². The highest BCUT2D eigenvalue weighted by Crippen LogP contribution is 2.27. The number of anilines is 1. The minimum atomic E-state index is -0.452. The molecule has 0 spiro atoms. The van der Waals surface area contributed by atoms with Crippen molar-refractivity contribution in [3.05, 3.63) is 33.9 Å².